The number of nitrogens with two attached hydrogens (primary N) is 1. The van der Waals surface area contributed by atoms with Crippen molar-refractivity contribution >= 4 is 27.0 Å². The summed E-state index contributed by atoms with van der Waals surface area (Å²) in [5, 5.41) is 0. The van der Waals surface area contributed by atoms with E-state index in [0.717, 1.165) is 24.3 Å². The standard InChI is InChI=1S/C14H22N2O3S2/c1-16(8-10-21(2,17)18)7-4-9-19-13-6-3-5-12(11-13)14(15)20/h3,5-6,11H,4,7-10H2,1-2H3,(H2,15,20). The highest BCUT2D eigenvalue weighted by Gasteiger charge is 2.05. The second-order valence-corrected chi connectivity index (χ2v) is 7.73. The Labute approximate surface area is 132 Å². The molecule has 0 aliphatic heterocycles. The lowest BCUT2D eigenvalue weighted by Gasteiger charge is -2.16. The van der Waals surface area contributed by atoms with Crippen LogP contribution in [0.4, 0.5) is 0 Å². The fraction of sp³-hybridized carbons (Fsp3) is 0.500. The van der Waals surface area contributed by atoms with Crippen LogP contribution < -0.4 is 10.5 Å². The Morgan fingerprint density at radius 3 is 2.71 bits per heavy atom. The molecular weight excluding hydrogens is 308 g/mol. The maximum Gasteiger partial charge on any atom is 0.148 e. The Hall–Kier alpha value is -1.18. The summed E-state index contributed by atoms with van der Waals surface area (Å²) in [5.41, 5.74) is 6.35. The van der Waals surface area contributed by atoms with E-state index in [1.54, 1.807) is 0 Å². The summed E-state index contributed by atoms with van der Waals surface area (Å²) in [6.07, 6.45) is 2.07. The molecule has 0 heterocycles. The lowest BCUT2D eigenvalue weighted by Crippen LogP contribution is -2.27. The molecule has 0 saturated heterocycles. The molecule has 5 nitrogen and oxygen atoms in total. The fourth-order valence-corrected chi connectivity index (χ4v) is 2.47. The van der Waals surface area contributed by atoms with E-state index < -0.39 is 9.84 Å². The minimum atomic E-state index is -2.90. The molecule has 0 spiro atoms. The topological polar surface area (TPSA) is 72.6 Å². The SMILES string of the molecule is CN(CCCOc1cccc(C(N)=S)c1)CCS(C)(=O)=O. The van der Waals surface area contributed by atoms with Crippen LogP contribution in [0.3, 0.4) is 0 Å². The molecule has 0 amide bonds. The van der Waals surface area contributed by atoms with Crippen LogP contribution in [0.15, 0.2) is 24.3 Å². The number of benzene rings is 1. The molecular formula is C14H22N2O3S2. The first kappa shape index (κ1) is 17.9. The fourth-order valence-electron chi connectivity index (χ4n) is 1.70. The lowest BCUT2D eigenvalue weighted by molar-refractivity contribution is 0.268. The number of ether oxygens (including phenoxy) is 1. The zero-order valence-electron chi connectivity index (χ0n) is 12.4. The van der Waals surface area contributed by atoms with Crippen molar-refractivity contribution in [2.24, 2.45) is 5.73 Å². The third kappa shape index (κ3) is 7.99. The Bertz CT molecular complexity index is 573. The van der Waals surface area contributed by atoms with Gasteiger partial charge in [0.1, 0.15) is 20.6 Å². The minimum Gasteiger partial charge on any atom is -0.494 e. The van der Waals surface area contributed by atoms with E-state index in [9.17, 15) is 8.42 Å². The molecule has 0 fully saturated rings. The summed E-state index contributed by atoms with van der Waals surface area (Å²) in [6.45, 7) is 1.88. The van der Waals surface area contributed by atoms with E-state index >= 15 is 0 Å². The molecule has 0 aromatic heterocycles. The zero-order valence-corrected chi connectivity index (χ0v) is 14.0. The van der Waals surface area contributed by atoms with Gasteiger partial charge in [-0.25, -0.2) is 8.42 Å². The van der Waals surface area contributed by atoms with Crippen molar-refractivity contribution < 1.29 is 13.2 Å². The average Bonchev–Trinajstić information content (AvgIpc) is 2.41. The largest absolute Gasteiger partial charge is 0.494 e. The molecule has 0 aliphatic carbocycles. The number of sulfone groups is 1. The number of rotatable bonds is 9. The van der Waals surface area contributed by atoms with E-state index in [1.165, 1.54) is 6.26 Å². The van der Waals surface area contributed by atoms with E-state index in [1.807, 2.05) is 36.2 Å². The highest BCUT2D eigenvalue weighted by atomic mass is 32.2. The van der Waals surface area contributed by atoms with Crippen LogP contribution in [-0.2, 0) is 9.84 Å². The Morgan fingerprint density at radius 2 is 2.10 bits per heavy atom. The lowest BCUT2D eigenvalue weighted by atomic mass is 10.2. The molecule has 1 aromatic rings. The molecule has 0 atom stereocenters. The van der Waals surface area contributed by atoms with Gasteiger partial charge in [-0.05, 0) is 25.6 Å². The van der Waals surface area contributed by atoms with Gasteiger partial charge in [-0.3, -0.25) is 0 Å². The first-order valence-electron chi connectivity index (χ1n) is 6.67. The highest BCUT2D eigenvalue weighted by molar-refractivity contribution is 7.90. The Balaban J connectivity index is 2.28. The zero-order chi connectivity index (χ0) is 15.9. The molecule has 0 bridgehead atoms. The van der Waals surface area contributed by atoms with Crippen molar-refractivity contribution in [2.75, 3.05) is 38.8 Å². The van der Waals surface area contributed by atoms with Crippen molar-refractivity contribution in [1.29, 1.82) is 0 Å². The quantitative estimate of drug-likeness (QED) is 0.539. The van der Waals surface area contributed by atoms with E-state index in [0.29, 0.717) is 18.1 Å². The molecule has 7 heteroatoms. The third-order valence-electron chi connectivity index (χ3n) is 2.92. The van der Waals surface area contributed by atoms with Crippen molar-refractivity contribution in [3.05, 3.63) is 29.8 Å². The predicted octanol–water partition coefficient (Wildman–Crippen LogP) is 1.07. The molecule has 1 rings (SSSR count). The summed E-state index contributed by atoms with van der Waals surface area (Å²) >= 11 is 4.92. The maximum atomic E-state index is 11.1. The van der Waals surface area contributed by atoms with Crippen LogP contribution in [0.2, 0.25) is 0 Å². The number of nitrogens with zero attached hydrogens (tertiary/aromatic N) is 1. The normalized spacial score (nSPS) is 11.6. The Morgan fingerprint density at radius 1 is 1.38 bits per heavy atom. The van der Waals surface area contributed by atoms with Gasteiger partial charge < -0.3 is 15.4 Å². The summed E-state index contributed by atoms with van der Waals surface area (Å²) in [6, 6.07) is 7.36. The second-order valence-electron chi connectivity index (χ2n) is 5.03. The van der Waals surface area contributed by atoms with E-state index in [4.69, 9.17) is 22.7 Å². The smallest absolute Gasteiger partial charge is 0.148 e. The van der Waals surface area contributed by atoms with Gasteiger partial charge in [0.2, 0.25) is 0 Å². The van der Waals surface area contributed by atoms with Gasteiger partial charge in [-0.15, -0.1) is 0 Å². The maximum absolute atomic E-state index is 11.1. The monoisotopic (exact) mass is 330 g/mol. The van der Waals surface area contributed by atoms with Crippen LogP contribution >= 0.6 is 12.2 Å². The second kappa shape index (κ2) is 8.31. The van der Waals surface area contributed by atoms with Crippen LogP contribution in [0.25, 0.3) is 0 Å². The predicted molar refractivity (Wildman–Crippen MR) is 89.6 cm³/mol. The molecule has 1 aromatic carbocycles. The summed E-state index contributed by atoms with van der Waals surface area (Å²) in [5.74, 6) is 0.916. The molecule has 0 saturated carbocycles. The van der Waals surface area contributed by atoms with Crippen LogP contribution in [0, 0.1) is 0 Å². The first-order valence-corrected chi connectivity index (χ1v) is 9.14. The number of thiocarbonyl (C=S) groups is 1. The molecule has 2 N–H and O–H groups in total. The number of hydrogen-bond acceptors (Lipinski definition) is 5. The third-order valence-corrected chi connectivity index (χ3v) is 4.08. The van der Waals surface area contributed by atoms with Crippen molar-refractivity contribution in [2.45, 2.75) is 6.42 Å². The minimum absolute atomic E-state index is 0.181. The summed E-state index contributed by atoms with van der Waals surface area (Å²) in [7, 11) is -1.00. The van der Waals surface area contributed by atoms with Crippen molar-refractivity contribution in [1.82, 2.24) is 4.90 Å². The molecule has 21 heavy (non-hydrogen) atoms. The van der Waals surface area contributed by atoms with Crippen LogP contribution in [0.5, 0.6) is 5.75 Å². The molecule has 0 unspecified atom stereocenters. The van der Waals surface area contributed by atoms with Gasteiger partial charge in [0.25, 0.3) is 0 Å². The molecule has 0 aliphatic rings. The molecule has 118 valence electrons. The van der Waals surface area contributed by atoms with E-state index in [2.05, 4.69) is 0 Å². The van der Waals surface area contributed by atoms with Gasteiger partial charge in [-0.1, -0.05) is 24.4 Å². The number of hydrogen-bond donors (Lipinski definition) is 1. The van der Waals surface area contributed by atoms with Gasteiger partial charge >= 0.3 is 0 Å². The summed E-state index contributed by atoms with van der Waals surface area (Å²) in [4.78, 5) is 2.33. The molecule has 0 radical (unpaired) electrons. The van der Waals surface area contributed by atoms with E-state index in [-0.39, 0.29) is 5.75 Å². The Kier molecular flexibility index (Phi) is 7.07. The van der Waals surface area contributed by atoms with Crippen molar-refractivity contribution in [3.8, 4) is 5.75 Å². The summed E-state index contributed by atoms with van der Waals surface area (Å²) < 4.78 is 27.8. The average molecular weight is 330 g/mol. The van der Waals surface area contributed by atoms with Gasteiger partial charge in [0, 0.05) is 24.9 Å². The van der Waals surface area contributed by atoms with Crippen molar-refractivity contribution in [3.63, 3.8) is 0 Å². The van der Waals surface area contributed by atoms with Crippen LogP contribution in [-0.4, -0.2) is 57.1 Å². The first-order chi connectivity index (χ1) is 9.78. The van der Waals surface area contributed by atoms with Gasteiger partial charge in [-0.2, -0.15) is 0 Å². The van der Waals surface area contributed by atoms with Crippen LogP contribution in [0.1, 0.15) is 12.0 Å². The van der Waals surface area contributed by atoms with Gasteiger partial charge in [0.05, 0.1) is 12.4 Å². The van der Waals surface area contributed by atoms with Gasteiger partial charge in [0.15, 0.2) is 0 Å². The highest BCUT2D eigenvalue weighted by Crippen LogP contribution is 2.13.